The van der Waals surface area contributed by atoms with Gasteiger partial charge in [0.25, 0.3) is 0 Å². The Hall–Kier alpha value is -0.940. The second-order valence-corrected chi connectivity index (χ2v) is 4.60. The van der Waals surface area contributed by atoms with Crippen molar-refractivity contribution in [2.24, 2.45) is 0 Å². The second kappa shape index (κ2) is 7.40. The van der Waals surface area contributed by atoms with Gasteiger partial charge in [-0.05, 0) is 24.6 Å². The highest BCUT2D eigenvalue weighted by Gasteiger charge is 2.04. The summed E-state index contributed by atoms with van der Waals surface area (Å²) in [5.74, 6) is -0.336. The Kier molecular flexibility index (Phi) is 6.15. The van der Waals surface area contributed by atoms with E-state index in [0.29, 0.717) is 18.7 Å². The summed E-state index contributed by atoms with van der Waals surface area (Å²) in [5.41, 5.74) is 0.544. The first-order valence-electron chi connectivity index (χ1n) is 5.54. The highest BCUT2D eigenvalue weighted by atomic mass is 79.9. The van der Waals surface area contributed by atoms with Crippen LogP contribution in [0.3, 0.4) is 0 Å². The molecule has 0 spiro atoms. The summed E-state index contributed by atoms with van der Waals surface area (Å²) in [6, 6.07) is 4.75. The number of amides is 1. The monoisotopic (exact) mass is 302 g/mol. The lowest BCUT2D eigenvalue weighted by molar-refractivity contribution is -0.120. The molecule has 5 heteroatoms. The molecule has 0 atom stereocenters. The number of carbonyl (C=O) groups excluding carboxylic acids is 1. The number of hydrogen-bond acceptors (Lipinski definition) is 2. The number of hydrogen-bond donors (Lipinski definition) is 2. The summed E-state index contributed by atoms with van der Waals surface area (Å²) in [5, 5.41) is 5.65. The van der Waals surface area contributed by atoms with Gasteiger partial charge in [-0.1, -0.05) is 22.9 Å². The van der Waals surface area contributed by atoms with E-state index in [1.165, 1.54) is 6.07 Å². The molecule has 94 valence electrons. The van der Waals surface area contributed by atoms with Gasteiger partial charge in [0.05, 0.1) is 6.54 Å². The van der Waals surface area contributed by atoms with Crippen LogP contribution in [0, 0.1) is 5.82 Å². The third-order valence-electron chi connectivity index (χ3n) is 2.18. The average molecular weight is 303 g/mol. The summed E-state index contributed by atoms with van der Waals surface area (Å²) in [6.07, 6.45) is 0.909. The molecule has 0 saturated heterocycles. The zero-order valence-corrected chi connectivity index (χ0v) is 11.3. The molecule has 0 bridgehead atoms. The van der Waals surface area contributed by atoms with Crippen LogP contribution in [-0.4, -0.2) is 19.0 Å². The van der Waals surface area contributed by atoms with E-state index in [0.717, 1.165) is 10.9 Å². The van der Waals surface area contributed by atoms with E-state index < -0.39 is 0 Å². The van der Waals surface area contributed by atoms with Crippen LogP contribution in [0.4, 0.5) is 4.39 Å². The van der Waals surface area contributed by atoms with Crippen LogP contribution in [0.15, 0.2) is 22.7 Å². The van der Waals surface area contributed by atoms with Gasteiger partial charge in [-0.15, -0.1) is 0 Å². The van der Waals surface area contributed by atoms with Crippen LogP contribution in [0.1, 0.15) is 18.9 Å². The Morgan fingerprint density at radius 1 is 1.47 bits per heavy atom. The molecule has 0 aromatic heterocycles. The topological polar surface area (TPSA) is 41.1 Å². The van der Waals surface area contributed by atoms with Gasteiger partial charge >= 0.3 is 0 Å². The minimum Gasteiger partial charge on any atom is -0.355 e. The van der Waals surface area contributed by atoms with Crippen LogP contribution in [0.25, 0.3) is 0 Å². The van der Waals surface area contributed by atoms with Crippen molar-refractivity contribution >= 4 is 21.8 Å². The lowest BCUT2D eigenvalue weighted by Gasteiger charge is -2.07. The van der Waals surface area contributed by atoms with Gasteiger partial charge in [-0.3, -0.25) is 4.79 Å². The van der Waals surface area contributed by atoms with Crippen molar-refractivity contribution in [1.82, 2.24) is 10.6 Å². The van der Waals surface area contributed by atoms with Gasteiger partial charge in [0.1, 0.15) is 5.82 Å². The van der Waals surface area contributed by atoms with Gasteiger partial charge in [-0.25, -0.2) is 4.39 Å². The van der Waals surface area contributed by atoms with Crippen molar-refractivity contribution in [1.29, 1.82) is 0 Å². The summed E-state index contributed by atoms with van der Waals surface area (Å²) >= 11 is 3.28. The molecule has 1 rings (SSSR count). The predicted octanol–water partition coefficient (Wildman–Crippen LogP) is 2.20. The Bertz CT molecular complexity index is 385. The average Bonchev–Trinajstić information content (AvgIpc) is 2.31. The molecule has 1 amide bonds. The minimum atomic E-state index is -0.269. The van der Waals surface area contributed by atoms with E-state index in [1.807, 2.05) is 6.92 Å². The molecule has 17 heavy (non-hydrogen) atoms. The lowest BCUT2D eigenvalue weighted by Crippen LogP contribution is -2.34. The molecule has 0 radical (unpaired) electrons. The van der Waals surface area contributed by atoms with E-state index in [4.69, 9.17) is 0 Å². The van der Waals surface area contributed by atoms with E-state index in [1.54, 1.807) is 12.1 Å². The Morgan fingerprint density at radius 2 is 2.24 bits per heavy atom. The smallest absolute Gasteiger partial charge is 0.233 e. The third-order valence-corrected chi connectivity index (χ3v) is 2.67. The highest BCUT2D eigenvalue weighted by Crippen LogP contribution is 2.15. The quantitative estimate of drug-likeness (QED) is 0.846. The Balaban J connectivity index is 2.35. The molecule has 1 aromatic rings. The van der Waals surface area contributed by atoms with E-state index in [9.17, 15) is 9.18 Å². The first-order valence-corrected chi connectivity index (χ1v) is 6.34. The molecule has 0 aliphatic carbocycles. The van der Waals surface area contributed by atoms with Crippen LogP contribution in [0.2, 0.25) is 0 Å². The Labute approximate surface area is 109 Å². The van der Waals surface area contributed by atoms with Crippen molar-refractivity contribution < 1.29 is 9.18 Å². The van der Waals surface area contributed by atoms with Gasteiger partial charge in [0.2, 0.25) is 5.91 Å². The summed E-state index contributed by atoms with van der Waals surface area (Å²) in [6.45, 7) is 3.20. The summed E-state index contributed by atoms with van der Waals surface area (Å²) in [4.78, 5) is 11.3. The van der Waals surface area contributed by atoms with Gasteiger partial charge in [0, 0.05) is 23.1 Å². The van der Waals surface area contributed by atoms with Crippen molar-refractivity contribution in [3.63, 3.8) is 0 Å². The van der Waals surface area contributed by atoms with E-state index >= 15 is 0 Å². The normalized spacial score (nSPS) is 10.3. The Morgan fingerprint density at radius 3 is 2.94 bits per heavy atom. The van der Waals surface area contributed by atoms with Crippen LogP contribution < -0.4 is 10.6 Å². The van der Waals surface area contributed by atoms with E-state index in [2.05, 4.69) is 26.6 Å². The zero-order chi connectivity index (χ0) is 12.7. The molecule has 0 heterocycles. The molecule has 3 nitrogen and oxygen atoms in total. The summed E-state index contributed by atoms with van der Waals surface area (Å²) < 4.78 is 14.2. The molecular weight excluding hydrogens is 287 g/mol. The molecule has 0 fully saturated rings. The highest BCUT2D eigenvalue weighted by molar-refractivity contribution is 9.10. The molecule has 0 unspecified atom stereocenters. The summed E-state index contributed by atoms with van der Waals surface area (Å²) in [7, 11) is 0. The maximum Gasteiger partial charge on any atom is 0.233 e. The number of rotatable bonds is 6. The number of carbonyl (C=O) groups is 1. The SMILES string of the molecule is CCCNC(=O)CNCc1cc(Br)ccc1F. The fourth-order valence-electron chi connectivity index (χ4n) is 1.32. The van der Waals surface area contributed by atoms with E-state index in [-0.39, 0.29) is 18.3 Å². The fraction of sp³-hybridized carbons (Fsp3) is 0.417. The first-order chi connectivity index (χ1) is 8.13. The minimum absolute atomic E-state index is 0.0674. The van der Waals surface area contributed by atoms with Gasteiger partial charge in [0.15, 0.2) is 0 Å². The number of halogens is 2. The largest absolute Gasteiger partial charge is 0.355 e. The van der Waals surface area contributed by atoms with Crippen LogP contribution >= 0.6 is 15.9 Å². The molecule has 1 aromatic carbocycles. The van der Waals surface area contributed by atoms with Crippen molar-refractivity contribution in [3.8, 4) is 0 Å². The predicted molar refractivity (Wildman–Crippen MR) is 69.1 cm³/mol. The number of nitrogens with one attached hydrogen (secondary N) is 2. The molecular formula is C12H16BrFN2O. The van der Waals surface area contributed by atoms with Crippen molar-refractivity contribution in [2.45, 2.75) is 19.9 Å². The van der Waals surface area contributed by atoms with Crippen LogP contribution in [-0.2, 0) is 11.3 Å². The maximum atomic E-state index is 13.3. The lowest BCUT2D eigenvalue weighted by atomic mass is 10.2. The zero-order valence-electron chi connectivity index (χ0n) is 9.72. The molecule has 0 aliphatic rings. The van der Waals surface area contributed by atoms with Gasteiger partial charge in [-0.2, -0.15) is 0 Å². The second-order valence-electron chi connectivity index (χ2n) is 3.69. The number of benzene rings is 1. The standard InChI is InChI=1S/C12H16BrFN2O/c1-2-5-16-12(17)8-15-7-9-6-10(13)3-4-11(9)14/h3-4,6,15H,2,5,7-8H2,1H3,(H,16,17). The molecule has 0 saturated carbocycles. The third kappa shape index (κ3) is 5.28. The first kappa shape index (κ1) is 14.1. The maximum absolute atomic E-state index is 13.3. The van der Waals surface area contributed by atoms with Crippen molar-refractivity contribution in [2.75, 3.05) is 13.1 Å². The molecule has 0 aliphatic heterocycles. The van der Waals surface area contributed by atoms with Crippen molar-refractivity contribution in [3.05, 3.63) is 34.1 Å². The van der Waals surface area contributed by atoms with Crippen LogP contribution in [0.5, 0.6) is 0 Å². The van der Waals surface area contributed by atoms with Gasteiger partial charge < -0.3 is 10.6 Å². The molecule has 2 N–H and O–H groups in total. The fourth-order valence-corrected chi connectivity index (χ4v) is 1.72.